The van der Waals surface area contributed by atoms with E-state index in [9.17, 15) is 4.79 Å². The molecule has 2 unspecified atom stereocenters. The van der Waals surface area contributed by atoms with E-state index >= 15 is 0 Å². The summed E-state index contributed by atoms with van der Waals surface area (Å²) in [5.41, 5.74) is 8.32. The number of nitrogens with one attached hydrogen (secondary N) is 1. The van der Waals surface area contributed by atoms with Crippen LogP contribution < -0.4 is 11.1 Å². The van der Waals surface area contributed by atoms with Crippen LogP contribution in [0.5, 0.6) is 0 Å². The normalized spacial score (nSPS) is 21.0. The number of carbonyl (C=O) groups is 1. The third kappa shape index (κ3) is 3.97. The van der Waals surface area contributed by atoms with Gasteiger partial charge in [0.2, 0.25) is 5.91 Å². The van der Waals surface area contributed by atoms with Crippen LogP contribution in [0.15, 0.2) is 18.2 Å². The molecule has 1 saturated heterocycles. The summed E-state index contributed by atoms with van der Waals surface area (Å²) in [7, 11) is 0. The number of nitrogens with two attached hydrogens (primary N) is 1. The Hall–Kier alpha value is -1.55. The van der Waals surface area contributed by atoms with Gasteiger partial charge >= 0.3 is 0 Å². The zero-order valence-electron chi connectivity index (χ0n) is 13.4. The van der Waals surface area contributed by atoms with E-state index in [1.54, 1.807) is 0 Å². The zero-order chi connectivity index (χ0) is 15.4. The molecule has 4 heteroatoms. The van der Waals surface area contributed by atoms with Gasteiger partial charge in [-0.2, -0.15) is 0 Å². The third-order valence-electron chi connectivity index (χ3n) is 4.56. The van der Waals surface area contributed by atoms with E-state index in [1.807, 2.05) is 32.0 Å². The minimum Gasteiger partial charge on any atom is -0.399 e. The van der Waals surface area contributed by atoms with Crippen molar-refractivity contribution in [3.63, 3.8) is 0 Å². The largest absolute Gasteiger partial charge is 0.399 e. The Labute approximate surface area is 127 Å². The number of nitrogens with zero attached hydrogens (tertiary/aromatic N) is 1. The van der Waals surface area contributed by atoms with Crippen LogP contribution in [-0.2, 0) is 4.79 Å². The summed E-state index contributed by atoms with van der Waals surface area (Å²) >= 11 is 0. The van der Waals surface area contributed by atoms with Gasteiger partial charge in [0.15, 0.2) is 0 Å². The van der Waals surface area contributed by atoms with Crippen LogP contribution in [0, 0.1) is 12.8 Å². The van der Waals surface area contributed by atoms with Crippen LogP contribution in [0.3, 0.4) is 0 Å². The fourth-order valence-corrected chi connectivity index (χ4v) is 3.01. The molecule has 1 fully saturated rings. The van der Waals surface area contributed by atoms with Gasteiger partial charge in [-0.15, -0.1) is 0 Å². The maximum atomic E-state index is 12.5. The highest BCUT2D eigenvalue weighted by Crippen LogP contribution is 2.22. The molecule has 1 aliphatic rings. The van der Waals surface area contributed by atoms with E-state index in [1.165, 1.54) is 19.3 Å². The van der Waals surface area contributed by atoms with Crippen molar-refractivity contribution in [3.05, 3.63) is 23.8 Å². The molecule has 0 radical (unpaired) electrons. The molecule has 4 nitrogen and oxygen atoms in total. The number of anilines is 2. The molecule has 116 valence electrons. The molecule has 2 atom stereocenters. The molecular formula is C17H27N3O. The molecule has 21 heavy (non-hydrogen) atoms. The highest BCUT2D eigenvalue weighted by atomic mass is 16.2. The quantitative estimate of drug-likeness (QED) is 0.838. The van der Waals surface area contributed by atoms with Crippen molar-refractivity contribution in [2.24, 2.45) is 5.92 Å². The Morgan fingerprint density at radius 1 is 1.52 bits per heavy atom. The van der Waals surface area contributed by atoms with Crippen LogP contribution in [-0.4, -0.2) is 29.9 Å². The second-order valence-corrected chi connectivity index (χ2v) is 6.15. The number of rotatable bonds is 4. The van der Waals surface area contributed by atoms with Crippen molar-refractivity contribution in [2.45, 2.75) is 46.1 Å². The highest BCUT2D eigenvalue weighted by molar-refractivity contribution is 5.95. The lowest BCUT2D eigenvalue weighted by molar-refractivity contribution is -0.121. The van der Waals surface area contributed by atoms with Gasteiger partial charge in [-0.05, 0) is 62.9 Å². The van der Waals surface area contributed by atoms with Crippen LogP contribution in [0.2, 0.25) is 0 Å². The predicted octanol–water partition coefficient (Wildman–Crippen LogP) is 3.03. The molecule has 3 N–H and O–H groups in total. The number of aryl methyl sites for hydroxylation is 1. The topological polar surface area (TPSA) is 58.4 Å². The summed E-state index contributed by atoms with van der Waals surface area (Å²) in [6.07, 6.45) is 3.68. The van der Waals surface area contributed by atoms with E-state index in [4.69, 9.17) is 5.73 Å². The molecule has 1 heterocycles. The molecule has 0 spiro atoms. The number of nitrogen functional groups attached to an aromatic ring is 1. The first kappa shape index (κ1) is 15.8. The van der Waals surface area contributed by atoms with Crippen LogP contribution in [0.4, 0.5) is 11.4 Å². The number of amides is 1. The monoisotopic (exact) mass is 289 g/mol. The smallest absolute Gasteiger partial charge is 0.241 e. The number of carbonyl (C=O) groups excluding carboxylic acids is 1. The summed E-state index contributed by atoms with van der Waals surface area (Å²) in [5, 5.41) is 3.03. The summed E-state index contributed by atoms with van der Waals surface area (Å²) < 4.78 is 0. The van der Waals surface area contributed by atoms with Crippen molar-refractivity contribution < 1.29 is 4.79 Å². The highest BCUT2D eigenvalue weighted by Gasteiger charge is 2.26. The minimum atomic E-state index is -0.0868. The number of benzene rings is 1. The predicted molar refractivity (Wildman–Crippen MR) is 88.3 cm³/mol. The van der Waals surface area contributed by atoms with Gasteiger partial charge in [0, 0.05) is 17.9 Å². The van der Waals surface area contributed by atoms with E-state index in [-0.39, 0.29) is 11.9 Å². The zero-order valence-corrected chi connectivity index (χ0v) is 13.4. The SMILES string of the molecule is CCC1CCCN(C(C)C(=O)Nc2ccc(N)cc2C)C1. The molecule has 0 aromatic heterocycles. The van der Waals surface area contributed by atoms with E-state index in [2.05, 4.69) is 17.1 Å². The van der Waals surface area contributed by atoms with E-state index in [0.717, 1.165) is 35.9 Å². The van der Waals surface area contributed by atoms with E-state index in [0.29, 0.717) is 0 Å². The number of likely N-dealkylation sites (tertiary alicyclic amines) is 1. The lowest BCUT2D eigenvalue weighted by atomic mass is 9.94. The molecule has 1 aromatic rings. The Kier molecular flexibility index (Phi) is 5.23. The first-order valence-corrected chi connectivity index (χ1v) is 7.92. The lowest BCUT2D eigenvalue weighted by Crippen LogP contribution is -2.47. The van der Waals surface area contributed by atoms with Crippen molar-refractivity contribution in [2.75, 3.05) is 24.1 Å². The summed E-state index contributed by atoms with van der Waals surface area (Å²) in [5.74, 6) is 0.798. The van der Waals surface area contributed by atoms with Gasteiger partial charge in [-0.25, -0.2) is 0 Å². The molecule has 2 rings (SSSR count). The Morgan fingerprint density at radius 2 is 2.29 bits per heavy atom. The van der Waals surface area contributed by atoms with Gasteiger partial charge < -0.3 is 11.1 Å². The first-order chi connectivity index (χ1) is 10.0. The fraction of sp³-hybridized carbons (Fsp3) is 0.588. The van der Waals surface area contributed by atoms with Crippen LogP contribution in [0.25, 0.3) is 0 Å². The minimum absolute atomic E-state index is 0.0691. The van der Waals surface area contributed by atoms with Crippen molar-refractivity contribution in [3.8, 4) is 0 Å². The molecule has 1 aliphatic heterocycles. The molecule has 0 bridgehead atoms. The van der Waals surface area contributed by atoms with Crippen molar-refractivity contribution in [1.82, 2.24) is 4.90 Å². The molecule has 1 aromatic carbocycles. The number of hydrogen-bond acceptors (Lipinski definition) is 3. The lowest BCUT2D eigenvalue weighted by Gasteiger charge is -2.35. The maximum absolute atomic E-state index is 12.5. The molecular weight excluding hydrogens is 262 g/mol. The second kappa shape index (κ2) is 6.94. The van der Waals surface area contributed by atoms with E-state index < -0.39 is 0 Å². The average Bonchev–Trinajstić information content (AvgIpc) is 2.49. The summed E-state index contributed by atoms with van der Waals surface area (Å²) in [4.78, 5) is 14.8. The standard InChI is InChI=1S/C17H27N3O/c1-4-14-6-5-9-20(11-14)13(3)17(21)19-16-8-7-15(18)10-12(16)2/h7-8,10,13-14H,4-6,9,11,18H2,1-3H3,(H,19,21). The second-order valence-electron chi connectivity index (χ2n) is 6.15. The van der Waals surface area contributed by atoms with Gasteiger partial charge in [0.1, 0.15) is 0 Å². The van der Waals surface area contributed by atoms with Crippen LogP contribution in [0.1, 0.15) is 38.7 Å². The first-order valence-electron chi connectivity index (χ1n) is 7.92. The Balaban J connectivity index is 1.99. The third-order valence-corrected chi connectivity index (χ3v) is 4.56. The Morgan fingerprint density at radius 3 is 2.95 bits per heavy atom. The van der Waals surface area contributed by atoms with Gasteiger partial charge in [0.05, 0.1) is 6.04 Å². The van der Waals surface area contributed by atoms with Crippen molar-refractivity contribution in [1.29, 1.82) is 0 Å². The fourth-order valence-electron chi connectivity index (χ4n) is 3.01. The number of hydrogen-bond donors (Lipinski definition) is 2. The average molecular weight is 289 g/mol. The van der Waals surface area contributed by atoms with Crippen molar-refractivity contribution >= 4 is 17.3 Å². The molecule has 0 aliphatic carbocycles. The van der Waals surface area contributed by atoms with Gasteiger partial charge in [-0.3, -0.25) is 9.69 Å². The Bertz CT molecular complexity index is 501. The molecule has 0 saturated carbocycles. The van der Waals surface area contributed by atoms with Crippen LogP contribution >= 0.6 is 0 Å². The summed E-state index contributed by atoms with van der Waals surface area (Å²) in [6.45, 7) is 8.25. The summed E-state index contributed by atoms with van der Waals surface area (Å²) in [6, 6.07) is 5.49. The van der Waals surface area contributed by atoms with Gasteiger partial charge in [-0.1, -0.05) is 13.3 Å². The number of piperidine rings is 1. The van der Waals surface area contributed by atoms with Gasteiger partial charge in [0.25, 0.3) is 0 Å². The maximum Gasteiger partial charge on any atom is 0.241 e. The molecule has 1 amide bonds.